The summed E-state index contributed by atoms with van der Waals surface area (Å²) < 4.78 is -1.48. The summed E-state index contributed by atoms with van der Waals surface area (Å²) in [4.78, 5) is 23.3. The molecule has 0 aliphatic carbocycles. The highest BCUT2D eigenvalue weighted by atomic mass is 35.5. The molecule has 0 aliphatic heterocycles. The van der Waals surface area contributed by atoms with E-state index in [0.717, 1.165) is 11.8 Å². The third-order valence-corrected chi connectivity index (χ3v) is 4.00. The average molecular weight is 243 g/mol. The van der Waals surface area contributed by atoms with Gasteiger partial charge in [0.05, 0.1) is 0 Å². The molecule has 80 valence electrons. The normalized spacial score (nSPS) is 14.3. The molecule has 0 fully saturated rings. The molecule has 0 saturated heterocycles. The van der Waals surface area contributed by atoms with Crippen LogP contribution in [0.3, 0.4) is 0 Å². The zero-order chi connectivity index (χ0) is 11.5. The van der Waals surface area contributed by atoms with Gasteiger partial charge in [0, 0.05) is 5.56 Å². The Balaban J connectivity index is 3.08. The number of benzene rings is 1. The van der Waals surface area contributed by atoms with Crippen molar-refractivity contribution in [2.24, 2.45) is 0 Å². The van der Waals surface area contributed by atoms with Crippen LogP contribution < -0.4 is 0 Å². The first-order chi connectivity index (χ1) is 7.02. The smallest absolute Gasteiger partial charge is 0.210 e. The Hall–Kier alpha value is -0.800. The van der Waals surface area contributed by atoms with Crippen LogP contribution in [0.5, 0.6) is 0 Å². The lowest BCUT2D eigenvalue weighted by Gasteiger charge is -2.19. The van der Waals surface area contributed by atoms with Crippen molar-refractivity contribution in [3.8, 4) is 0 Å². The average Bonchev–Trinajstić information content (AvgIpc) is 2.28. The Morgan fingerprint density at radius 1 is 1.27 bits per heavy atom. The van der Waals surface area contributed by atoms with Crippen molar-refractivity contribution < 1.29 is 9.59 Å². The van der Waals surface area contributed by atoms with E-state index in [2.05, 4.69) is 0 Å². The molecule has 0 N–H and O–H groups in total. The maximum Gasteiger partial charge on any atom is 0.210 e. The van der Waals surface area contributed by atoms with Gasteiger partial charge in [-0.1, -0.05) is 41.9 Å². The van der Waals surface area contributed by atoms with Gasteiger partial charge < -0.3 is 0 Å². The molecule has 0 aliphatic rings. The van der Waals surface area contributed by atoms with Crippen molar-refractivity contribution in [1.29, 1.82) is 0 Å². The van der Waals surface area contributed by atoms with E-state index >= 15 is 0 Å². The van der Waals surface area contributed by atoms with Crippen LogP contribution in [0, 0.1) is 0 Å². The number of carbonyl (C=O) groups is 2. The number of alkyl halides is 1. The zero-order valence-corrected chi connectivity index (χ0v) is 10.1. The maximum absolute atomic E-state index is 12.0. The van der Waals surface area contributed by atoms with E-state index in [9.17, 15) is 9.59 Å². The molecule has 1 rings (SSSR count). The minimum atomic E-state index is -1.48. The van der Waals surface area contributed by atoms with Gasteiger partial charge in [0.15, 0.2) is 5.78 Å². The van der Waals surface area contributed by atoms with E-state index in [-0.39, 0.29) is 11.6 Å². The second-order valence-electron chi connectivity index (χ2n) is 3.05. The fraction of sp³-hybridized carbons (Fsp3) is 0.273. The van der Waals surface area contributed by atoms with E-state index < -0.39 is 4.21 Å². The highest BCUT2D eigenvalue weighted by Crippen LogP contribution is 2.32. The second-order valence-corrected chi connectivity index (χ2v) is 4.86. The summed E-state index contributed by atoms with van der Waals surface area (Å²) in [5.41, 5.74) is 0.456. The van der Waals surface area contributed by atoms with Crippen molar-refractivity contribution in [2.75, 3.05) is 6.26 Å². The Kier molecular flexibility index (Phi) is 3.94. The van der Waals surface area contributed by atoms with Gasteiger partial charge in [-0.15, -0.1) is 11.8 Å². The number of halogens is 1. The van der Waals surface area contributed by atoms with Gasteiger partial charge in [-0.2, -0.15) is 0 Å². The monoisotopic (exact) mass is 242 g/mol. The number of hydrogen-bond acceptors (Lipinski definition) is 3. The quantitative estimate of drug-likeness (QED) is 0.463. The standard InChI is InChI=1S/C11H11ClO2S/c1-8(13)11(12,15-2)10(14)9-6-4-3-5-7-9/h3-7H,1-2H3. The van der Waals surface area contributed by atoms with Crippen LogP contribution in [0.4, 0.5) is 0 Å². The van der Waals surface area contributed by atoms with Crippen LogP contribution in [0.1, 0.15) is 17.3 Å². The van der Waals surface area contributed by atoms with E-state index in [1.165, 1.54) is 6.92 Å². The van der Waals surface area contributed by atoms with Gasteiger partial charge in [-0.05, 0) is 13.2 Å². The largest absolute Gasteiger partial charge is 0.297 e. The Bertz CT molecular complexity index is 377. The zero-order valence-electron chi connectivity index (χ0n) is 8.49. The minimum Gasteiger partial charge on any atom is -0.297 e. The second kappa shape index (κ2) is 4.81. The van der Waals surface area contributed by atoms with Crippen LogP contribution in [0.2, 0.25) is 0 Å². The van der Waals surface area contributed by atoms with Crippen molar-refractivity contribution in [1.82, 2.24) is 0 Å². The third kappa shape index (κ3) is 2.41. The van der Waals surface area contributed by atoms with Gasteiger partial charge in [0.25, 0.3) is 0 Å². The van der Waals surface area contributed by atoms with Crippen LogP contribution in [0.25, 0.3) is 0 Å². The topological polar surface area (TPSA) is 34.1 Å². The molecule has 0 bridgehead atoms. The van der Waals surface area contributed by atoms with Crippen LogP contribution >= 0.6 is 23.4 Å². The Labute approximate surface area is 98.0 Å². The molecule has 1 aromatic rings. The Morgan fingerprint density at radius 3 is 2.20 bits per heavy atom. The van der Waals surface area contributed by atoms with E-state index in [4.69, 9.17) is 11.6 Å². The number of rotatable bonds is 4. The van der Waals surface area contributed by atoms with Crippen LogP contribution in [0.15, 0.2) is 30.3 Å². The van der Waals surface area contributed by atoms with Crippen LogP contribution in [-0.4, -0.2) is 22.0 Å². The Morgan fingerprint density at radius 2 is 1.80 bits per heavy atom. The number of carbonyl (C=O) groups excluding carboxylic acids is 2. The lowest BCUT2D eigenvalue weighted by Crippen LogP contribution is -2.36. The van der Waals surface area contributed by atoms with Crippen molar-refractivity contribution >= 4 is 34.9 Å². The third-order valence-electron chi connectivity index (χ3n) is 2.06. The first-order valence-electron chi connectivity index (χ1n) is 4.37. The summed E-state index contributed by atoms with van der Waals surface area (Å²) in [7, 11) is 0. The summed E-state index contributed by atoms with van der Waals surface area (Å²) >= 11 is 7.06. The molecule has 2 nitrogen and oxygen atoms in total. The predicted molar refractivity (Wildman–Crippen MR) is 63.6 cm³/mol. The molecular formula is C11H11ClO2S. The SMILES string of the molecule is CSC(Cl)(C(C)=O)C(=O)c1ccccc1. The highest BCUT2D eigenvalue weighted by Gasteiger charge is 2.40. The molecule has 1 unspecified atom stereocenters. The van der Waals surface area contributed by atoms with Gasteiger partial charge in [0.2, 0.25) is 9.99 Å². The maximum atomic E-state index is 12.0. The van der Waals surface area contributed by atoms with Crippen molar-refractivity contribution in [2.45, 2.75) is 11.1 Å². The fourth-order valence-corrected chi connectivity index (χ4v) is 1.87. The summed E-state index contributed by atoms with van der Waals surface area (Å²) in [5, 5.41) is 0. The summed E-state index contributed by atoms with van der Waals surface area (Å²) in [6.45, 7) is 1.32. The minimum absolute atomic E-state index is 0.342. The predicted octanol–water partition coefficient (Wildman–Crippen LogP) is 2.76. The summed E-state index contributed by atoms with van der Waals surface area (Å²) in [6, 6.07) is 8.59. The number of Topliss-reactive ketones (excluding diaryl/α,β-unsaturated/α-hetero) is 2. The van der Waals surface area contributed by atoms with Gasteiger partial charge >= 0.3 is 0 Å². The fourth-order valence-electron chi connectivity index (χ4n) is 1.17. The van der Waals surface area contributed by atoms with Gasteiger partial charge in [0.1, 0.15) is 0 Å². The highest BCUT2D eigenvalue weighted by molar-refractivity contribution is 8.03. The molecule has 0 spiro atoms. The number of hydrogen-bond donors (Lipinski definition) is 0. The van der Waals surface area contributed by atoms with Crippen molar-refractivity contribution in [3.63, 3.8) is 0 Å². The molecule has 0 heterocycles. The van der Waals surface area contributed by atoms with Crippen molar-refractivity contribution in [3.05, 3.63) is 35.9 Å². The van der Waals surface area contributed by atoms with Gasteiger partial charge in [-0.3, -0.25) is 9.59 Å². The molecule has 15 heavy (non-hydrogen) atoms. The molecule has 4 heteroatoms. The van der Waals surface area contributed by atoms with E-state index in [1.54, 1.807) is 36.6 Å². The van der Waals surface area contributed by atoms with Gasteiger partial charge in [-0.25, -0.2) is 0 Å². The molecule has 0 amide bonds. The lowest BCUT2D eigenvalue weighted by molar-refractivity contribution is -0.116. The number of ketones is 2. The molecule has 0 aromatic heterocycles. The molecular weight excluding hydrogens is 232 g/mol. The summed E-state index contributed by atoms with van der Waals surface area (Å²) in [5.74, 6) is -0.699. The molecule has 0 saturated carbocycles. The first kappa shape index (κ1) is 12.3. The van der Waals surface area contributed by atoms with E-state index in [0.29, 0.717) is 5.56 Å². The van der Waals surface area contributed by atoms with E-state index in [1.807, 2.05) is 0 Å². The molecule has 1 atom stereocenters. The van der Waals surface area contributed by atoms with Crippen LogP contribution in [-0.2, 0) is 4.79 Å². The number of thioether (sulfide) groups is 1. The lowest BCUT2D eigenvalue weighted by atomic mass is 10.1. The first-order valence-corrected chi connectivity index (χ1v) is 5.97. The summed E-state index contributed by atoms with van der Waals surface area (Å²) in [6.07, 6.45) is 1.65. The molecule has 1 aromatic carbocycles. The molecule has 0 radical (unpaired) electrons.